The summed E-state index contributed by atoms with van der Waals surface area (Å²) in [5.41, 5.74) is 3.17. The smallest absolute Gasteiger partial charge is 0.247 e. The van der Waals surface area contributed by atoms with Gasteiger partial charge in [-0.05, 0) is 55.4 Å². The minimum absolute atomic E-state index is 0.0612. The molecule has 1 aliphatic carbocycles. The molecule has 0 saturated carbocycles. The van der Waals surface area contributed by atoms with E-state index in [-0.39, 0.29) is 11.8 Å². The van der Waals surface area contributed by atoms with Crippen LogP contribution in [0.15, 0.2) is 66.2 Å². The average molecular weight is 439 g/mol. The number of rotatable bonds is 9. The third-order valence-corrected chi connectivity index (χ3v) is 5.95. The number of halogens is 1. The molecule has 1 N–H and O–H groups in total. The Balaban J connectivity index is 1.80. The van der Waals surface area contributed by atoms with Crippen LogP contribution in [0.4, 0.5) is 0 Å². The van der Waals surface area contributed by atoms with Gasteiger partial charge in [-0.15, -0.1) is 0 Å². The Morgan fingerprint density at radius 3 is 2.45 bits per heavy atom. The van der Waals surface area contributed by atoms with Gasteiger partial charge in [0.05, 0.1) is 0 Å². The largest absolute Gasteiger partial charge is 0.354 e. The molecule has 0 fully saturated rings. The van der Waals surface area contributed by atoms with Crippen molar-refractivity contribution in [3.63, 3.8) is 0 Å². The molecule has 2 aromatic carbocycles. The molecule has 1 atom stereocenters. The predicted octanol–water partition coefficient (Wildman–Crippen LogP) is 5.83. The fourth-order valence-corrected chi connectivity index (χ4v) is 4.12. The van der Waals surface area contributed by atoms with Gasteiger partial charge in [-0.2, -0.15) is 0 Å². The quantitative estimate of drug-likeness (QED) is 0.501. The molecule has 164 valence electrons. The van der Waals surface area contributed by atoms with Crippen LogP contribution < -0.4 is 5.32 Å². The third kappa shape index (κ3) is 6.70. The van der Waals surface area contributed by atoms with Crippen LogP contribution in [0.1, 0.15) is 62.6 Å². The van der Waals surface area contributed by atoms with E-state index in [2.05, 4.69) is 11.4 Å². The van der Waals surface area contributed by atoms with E-state index in [4.69, 9.17) is 11.6 Å². The number of nitrogens with one attached hydrogen (secondary N) is 1. The zero-order valence-corrected chi connectivity index (χ0v) is 18.9. The van der Waals surface area contributed by atoms with Crippen molar-refractivity contribution in [1.82, 2.24) is 10.2 Å². The van der Waals surface area contributed by atoms with E-state index in [0.717, 1.165) is 30.4 Å². The normalized spacial score (nSPS) is 14.5. The highest BCUT2D eigenvalue weighted by Crippen LogP contribution is 2.25. The molecule has 1 aliphatic rings. The molecule has 4 nitrogen and oxygen atoms in total. The zero-order valence-electron chi connectivity index (χ0n) is 18.1. The SMILES string of the molecule is CCC(=O)N(Cc1ccc(Cl)cc1)C(C(=O)NCCC1=CCCCC1)c1ccccc1. The van der Waals surface area contributed by atoms with Gasteiger partial charge in [0, 0.05) is 24.5 Å². The number of benzene rings is 2. The van der Waals surface area contributed by atoms with Crippen LogP contribution in [0.25, 0.3) is 0 Å². The van der Waals surface area contributed by atoms with Crippen LogP contribution in [0.3, 0.4) is 0 Å². The van der Waals surface area contributed by atoms with Crippen LogP contribution in [0.2, 0.25) is 5.02 Å². The summed E-state index contributed by atoms with van der Waals surface area (Å²) in [4.78, 5) is 28.0. The van der Waals surface area contributed by atoms with E-state index in [9.17, 15) is 9.59 Å². The van der Waals surface area contributed by atoms with Gasteiger partial charge in [0.15, 0.2) is 0 Å². The third-order valence-electron chi connectivity index (χ3n) is 5.69. The summed E-state index contributed by atoms with van der Waals surface area (Å²) in [6.07, 6.45) is 8.24. The lowest BCUT2D eigenvalue weighted by atomic mass is 9.97. The summed E-state index contributed by atoms with van der Waals surface area (Å²) in [6, 6.07) is 16.3. The van der Waals surface area contributed by atoms with Crippen molar-refractivity contribution >= 4 is 23.4 Å². The molecule has 0 aromatic heterocycles. The minimum Gasteiger partial charge on any atom is -0.354 e. The molecular formula is C26H31ClN2O2. The summed E-state index contributed by atoms with van der Waals surface area (Å²) in [5.74, 6) is -0.202. The lowest BCUT2D eigenvalue weighted by Crippen LogP contribution is -2.43. The molecule has 0 bridgehead atoms. The lowest BCUT2D eigenvalue weighted by molar-refractivity contribution is -0.141. The molecule has 2 aromatic rings. The molecule has 5 heteroatoms. The number of hydrogen-bond acceptors (Lipinski definition) is 2. The number of carbonyl (C=O) groups is 2. The first-order chi connectivity index (χ1) is 15.1. The Hall–Kier alpha value is -2.59. The number of nitrogens with zero attached hydrogens (tertiary/aromatic N) is 1. The van der Waals surface area contributed by atoms with Crippen LogP contribution in [-0.2, 0) is 16.1 Å². The highest BCUT2D eigenvalue weighted by atomic mass is 35.5. The first kappa shape index (κ1) is 23.1. The van der Waals surface area contributed by atoms with E-state index >= 15 is 0 Å². The molecule has 3 rings (SSSR count). The summed E-state index contributed by atoms with van der Waals surface area (Å²) >= 11 is 6.02. The average Bonchev–Trinajstić information content (AvgIpc) is 2.81. The molecule has 0 spiro atoms. The van der Waals surface area contributed by atoms with Gasteiger partial charge < -0.3 is 10.2 Å². The maximum atomic E-state index is 13.3. The highest BCUT2D eigenvalue weighted by molar-refractivity contribution is 6.30. The molecule has 2 amide bonds. The minimum atomic E-state index is -0.676. The summed E-state index contributed by atoms with van der Waals surface area (Å²) in [6.45, 7) is 2.76. The zero-order chi connectivity index (χ0) is 22.1. The Bertz CT molecular complexity index is 893. The van der Waals surface area contributed by atoms with Gasteiger partial charge in [-0.3, -0.25) is 9.59 Å². The van der Waals surface area contributed by atoms with Gasteiger partial charge in [-0.1, -0.05) is 72.6 Å². The highest BCUT2D eigenvalue weighted by Gasteiger charge is 2.30. The second-order valence-corrected chi connectivity index (χ2v) is 8.40. The molecule has 1 unspecified atom stereocenters. The van der Waals surface area contributed by atoms with E-state index in [0.29, 0.717) is 24.5 Å². The van der Waals surface area contributed by atoms with Crippen LogP contribution >= 0.6 is 11.6 Å². The van der Waals surface area contributed by atoms with Crippen molar-refractivity contribution in [2.75, 3.05) is 6.54 Å². The van der Waals surface area contributed by atoms with Crippen molar-refractivity contribution < 1.29 is 9.59 Å². The standard InChI is InChI=1S/C26H31ClN2O2/c1-2-24(30)29(19-21-13-15-23(27)16-14-21)25(22-11-7-4-8-12-22)26(31)28-18-17-20-9-5-3-6-10-20/h4,7-9,11-16,25H,2-3,5-6,10,17-19H2,1H3,(H,28,31). The van der Waals surface area contributed by atoms with Crippen LogP contribution in [0.5, 0.6) is 0 Å². The maximum Gasteiger partial charge on any atom is 0.247 e. The van der Waals surface area contributed by atoms with Gasteiger partial charge in [0.2, 0.25) is 11.8 Å². The van der Waals surface area contributed by atoms with Crippen LogP contribution in [-0.4, -0.2) is 23.3 Å². The Morgan fingerprint density at radius 2 is 1.81 bits per heavy atom. The summed E-state index contributed by atoms with van der Waals surface area (Å²) in [5, 5.41) is 3.73. The second kappa shape index (κ2) is 11.7. The van der Waals surface area contributed by atoms with E-state index < -0.39 is 6.04 Å². The van der Waals surface area contributed by atoms with E-state index in [1.807, 2.05) is 49.4 Å². The molecule has 0 saturated heterocycles. The number of amides is 2. The predicted molar refractivity (Wildman–Crippen MR) is 126 cm³/mol. The van der Waals surface area contributed by atoms with E-state index in [1.54, 1.807) is 17.0 Å². The number of allylic oxidation sites excluding steroid dienone is 1. The molecule has 31 heavy (non-hydrogen) atoms. The van der Waals surface area contributed by atoms with Crippen molar-refractivity contribution in [3.05, 3.63) is 82.4 Å². The Morgan fingerprint density at radius 1 is 1.06 bits per heavy atom. The molecule has 0 aliphatic heterocycles. The second-order valence-electron chi connectivity index (χ2n) is 7.96. The number of hydrogen-bond donors (Lipinski definition) is 1. The van der Waals surface area contributed by atoms with Gasteiger partial charge in [0.1, 0.15) is 6.04 Å². The topological polar surface area (TPSA) is 49.4 Å². The van der Waals surface area contributed by atoms with Crippen molar-refractivity contribution in [2.24, 2.45) is 0 Å². The van der Waals surface area contributed by atoms with Crippen molar-refractivity contribution in [3.8, 4) is 0 Å². The van der Waals surface area contributed by atoms with Gasteiger partial charge in [-0.25, -0.2) is 0 Å². The fourth-order valence-electron chi connectivity index (χ4n) is 4.00. The van der Waals surface area contributed by atoms with Gasteiger partial charge >= 0.3 is 0 Å². The summed E-state index contributed by atoms with van der Waals surface area (Å²) in [7, 11) is 0. The van der Waals surface area contributed by atoms with Crippen molar-refractivity contribution in [2.45, 2.75) is 58.0 Å². The fraction of sp³-hybridized carbons (Fsp3) is 0.385. The first-order valence-corrected chi connectivity index (χ1v) is 11.5. The lowest BCUT2D eigenvalue weighted by Gasteiger charge is -2.31. The summed E-state index contributed by atoms with van der Waals surface area (Å²) < 4.78 is 0. The first-order valence-electron chi connectivity index (χ1n) is 11.1. The molecule has 0 heterocycles. The molecule has 0 radical (unpaired) electrons. The number of carbonyl (C=O) groups excluding carboxylic acids is 2. The van der Waals surface area contributed by atoms with Crippen LogP contribution in [0, 0.1) is 0 Å². The van der Waals surface area contributed by atoms with Gasteiger partial charge in [0.25, 0.3) is 0 Å². The van der Waals surface area contributed by atoms with E-state index in [1.165, 1.54) is 18.4 Å². The Labute approximate surface area is 190 Å². The molecular weight excluding hydrogens is 408 g/mol. The monoisotopic (exact) mass is 438 g/mol. The maximum absolute atomic E-state index is 13.3. The van der Waals surface area contributed by atoms with Crippen molar-refractivity contribution in [1.29, 1.82) is 0 Å². The Kier molecular flexibility index (Phi) is 8.72.